The first kappa shape index (κ1) is 25.2. The lowest BCUT2D eigenvalue weighted by molar-refractivity contribution is -0.159. The number of aliphatic carboxylic acids is 2. The Morgan fingerprint density at radius 3 is 2.53 bits per heavy atom. The molecule has 0 spiro atoms. The molecule has 0 aromatic heterocycles. The average Bonchev–Trinajstić information content (AvgIpc) is 3.31. The molecule has 1 aliphatic carbocycles. The number of nitrogens with zero attached hydrogens (tertiary/aromatic N) is 2. The van der Waals surface area contributed by atoms with Crippen LogP contribution in [0.4, 0.5) is 4.79 Å². The zero-order chi connectivity index (χ0) is 21.4. The number of carbonyl (C=O) groups is 3. The number of hydrogen-bond donors (Lipinski definition) is 3. The Hall–Kier alpha value is -2.85. The molecule has 0 saturated carbocycles. The molecular formula is C20H31N3O7. The molecular weight excluding hydrogens is 394 g/mol. The second-order valence-electron chi connectivity index (χ2n) is 7.37. The molecule has 1 aromatic carbocycles. The van der Waals surface area contributed by atoms with Crippen LogP contribution in [0.2, 0.25) is 0 Å². The highest BCUT2D eigenvalue weighted by Gasteiger charge is 2.28. The third kappa shape index (κ3) is 7.53. The van der Waals surface area contributed by atoms with Gasteiger partial charge in [0.2, 0.25) is 0 Å². The number of ether oxygens (including phenoxy) is 1. The SMILES string of the molecule is CN(C)CCNC(=O)N1CCC(Oc2cccc3c2CCC3)C1.O.O=C(O)C(=O)O. The molecule has 1 fully saturated rings. The molecule has 168 valence electrons. The molecule has 1 atom stereocenters. The smallest absolute Gasteiger partial charge is 0.414 e. The van der Waals surface area contributed by atoms with Crippen molar-refractivity contribution in [2.75, 3.05) is 40.3 Å². The predicted octanol–water partition coefficient (Wildman–Crippen LogP) is 0.231. The van der Waals surface area contributed by atoms with Crippen LogP contribution in [0.25, 0.3) is 0 Å². The number of carboxylic acid groups (broad SMARTS) is 2. The summed E-state index contributed by atoms with van der Waals surface area (Å²) in [4.78, 5) is 34.3. The Morgan fingerprint density at radius 2 is 1.90 bits per heavy atom. The van der Waals surface area contributed by atoms with Crippen molar-refractivity contribution in [3.8, 4) is 5.75 Å². The Labute approximate surface area is 175 Å². The van der Waals surface area contributed by atoms with Crippen molar-refractivity contribution in [1.82, 2.24) is 15.1 Å². The van der Waals surface area contributed by atoms with Gasteiger partial charge in [-0.3, -0.25) is 0 Å². The van der Waals surface area contributed by atoms with Gasteiger partial charge in [0.1, 0.15) is 11.9 Å². The van der Waals surface area contributed by atoms with E-state index in [1.807, 2.05) is 19.0 Å². The first-order valence-corrected chi connectivity index (χ1v) is 9.69. The molecule has 30 heavy (non-hydrogen) atoms. The van der Waals surface area contributed by atoms with E-state index >= 15 is 0 Å². The fourth-order valence-corrected chi connectivity index (χ4v) is 3.38. The van der Waals surface area contributed by atoms with Gasteiger partial charge in [-0.05, 0) is 50.6 Å². The van der Waals surface area contributed by atoms with Crippen molar-refractivity contribution >= 4 is 18.0 Å². The van der Waals surface area contributed by atoms with Crippen LogP contribution in [0, 0.1) is 0 Å². The number of nitrogens with one attached hydrogen (secondary N) is 1. The van der Waals surface area contributed by atoms with Gasteiger partial charge in [-0.1, -0.05) is 12.1 Å². The Morgan fingerprint density at radius 1 is 1.20 bits per heavy atom. The van der Waals surface area contributed by atoms with E-state index in [2.05, 4.69) is 28.4 Å². The average molecular weight is 425 g/mol. The zero-order valence-electron chi connectivity index (χ0n) is 17.4. The van der Waals surface area contributed by atoms with Gasteiger partial charge in [-0.15, -0.1) is 0 Å². The van der Waals surface area contributed by atoms with Crippen molar-refractivity contribution in [2.24, 2.45) is 0 Å². The van der Waals surface area contributed by atoms with Gasteiger partial charge in [0.05, 0.1) is 6.54 Å². The molecule has 0 bridgehead atoms. The monoisotopic (exact) mass is 425 g/mol. The van der Waals surface area contributed by atoms with Crippen LogP contribution in [0.15, 0.2) is 18.2 Å². The summed E-state index contributed by atoms with van der Waals surface area (Å²) >= 11 is 0. The standard InChI is InChI=1S/C18H27N3O2.C2H2O4.H2O/c1-20(2)12-10-19-18(22)21-11-9-15(13-21)23-17-8-4-6-14-5-3-7-16(14)17;3-1(4)2(5)6;/h4,6,8,15H,3,5,7,9-13H2,1-2H3,(H,19,22);(H,3,4)(H,5,6);1H2. The third-order valence-electron chi connectivity index (χ3n) is 4.85. The number of hydrogen-bond acceptors (Lipinski definition) is 5. The molecule has 1 saturated heterocycles. The highest BCUT2D eigenvalue weighted by molar-refractivity contribution is 6.27. The summed E-state index contributed by atoms with van der Waals surface area (Å²) < 4.78 is 6.21. The summed E-state index contributed by atoms with van der Waals surface area (Å²) in [6.07, 6.45) is 4.53. The highest BCUT2D eigenvalue weighted by Crippen LogP contribution is 2.32. The molecule has 0 radical (unpaired) electrons. The van der Waals surface area contributed by atoms with E-state index in [4.69, 9.17) is 24.5 Å². The number of benzene rings is 1. The zero-order valence-corrected chi connectivity index (χ0v) is 17.4. The second kappa shape index (κ2) is 12.0. The summed E-state index contributed by atoms with van der Waals surface area (Å²) in [6, 6.07) is 6.38. The minimum absolute atomic E-state index is 0. The van der Waals surface area contributed by atoms with Crippen LogP contribution in [0.5, 0.6) is 5.75 Å². The summed E-state index contributed by atoms with van der Waals surface area (Å²) in [5.74, 6) is -2.62. The third-order valence-corrected chi connectivity index (χ3v) is 4.85. The number of amides is 2. The highest BCUT2D eigenvalue weighted by atomic mass is 16.5. The van der Waals surface area contributed by atoms with Gasteiger partial charge in [0.25, 0.3) is 0 Å². The van der Waals surface area contributed by atoms with Gasteiger partial charge in [-0.25, -0.2) is 14.4 Å². The summed E-state index contributed by atoms with van der Waals surface area (Å²) in [6.45, 7) is 2.99. The maximum Gasteiger partial charge on any atom is 0.414 e. The summed E-state index contributed by atoms with van der Waals surface area (Å²) in [5.41, 5.74) is 2.81. The van der Waals surface area contributed by atoms with Crippen molar-refractivity contribution < 1.29 is 34.8 Å². The number of fused-ring (bicyclic) bond motifs is 1. The van der Waals surface area contributed by atoms with Crippen LogP contribution in [0.3, 0.4) is 0 Å². The topological polar surface area (TPSA) is 151 Å². The van der Waals surface area contributed by atoms with Crippen LogP contribution in [0.1, 0.15) is 24.0 Å². The summed E-state index contributed by atoms with van der Waals surface area (Å²) in [7, 11) is 4.01. The molecule has 10 nitrogen and oxygen atoms in total. The van der Waals surface area contributed by atoms with Crippen molar-refractivity contribution in [1.29, 1.82) is 0 Å². The Kier molecular flexibility index (Phi) is 10.1. The minimum Gasteiger partial charge on any atom is -0.488 e. The van der Waals surface area contributed by atoms with E-state index in [9.17, 15) is 4.79 Å². The number of likely N-dealkylation sites (N-methyl/N-ethyl adjacent to an activating group) is 1. The van der Waals surface area contributed by atoms with Gasteiger partial charge >= 0.3 is 18.0 Å². The molecule has 2 aliphatic rings. The number of carbonyl (C=O) groups excluding carboxylic acids is 1. The lowest BCUT2D eigenvalue weighted by atomic mass is 10.1. The van der Waals surface area contributed by atoms with E-state index in [0.717, 1.165) is 38.1 Å². The number of likely N-dealkylation sites (tertiary alicyclic amines) is 1. The first-order valence-electron chi connectivity index (χ1n) is 9.69. The fourth-order valence-electron chi connectivity index (χ4n) is 3.38. The predicted molar refractivity (Wildman–Crippen MR) is 110 cm³/mol. The lowest BCUT2D eigenvalue weighted by Crippen LogP contribution is -2.41. The van der Waals surface area contributed by atoms with E-state index in [0.29, 0.717) is 13.1 Å². The van der Waals surface area contributed by atoms with E-state index < -0.39 is 11.9 Å². The normalized spacial score (nSPS) is 16.8. The van der Waals surface area contributed by atoms with Crippen molar-refractivity contribution in [3.05, 3.63) is 29.3 Å². The molecule has 1 aromatic rings. The number of carboxylic acids is 2. The molecule has 3 rings (SSSR count). The summed E-state index contributed by atoms with van der Waals surface area (Å²) in [5, 5.41) is 17.8. The maximum absolute atomic E-state index is 12.2. The molecule has 1 heterocycles. The number of urea groups is 1. The Balaban J connectivity index is 0.000000567. The van der Waals surface area contributed by atoms with Gasteiger partial charge in [0.15, 0.2) is 0 Å². The lowest BCUT2D eigenvalue weighted by Gasteiger charge is -2.19. The number of aryl methyl sites for hydroxylation is 1. The van der Waals surface area contributed by atoms with E-state index in [1.165, 1.54) is 17.5 Å². The Bertz CT molecular complexity index is 727. The van der Waals surface area contributed by atoms with Crippen LogP contribution >= 0.6 is 0 Å². The van der Waals surface area contributed by atoms with Crippen LogP contribution < -0.4 is 10.1 Å². The van der Waals surface area contributed by atoms with Gasteiger partial charge in [0, 0.05) is 26.1 Å². The first-order chi connectivity index (χ1) is 13.8. The fraction of sp³-hybridized carbons (Fsp3) is 0.550. The van der Waals surface area contributed by atoms with Crippen LogP contribution in [-0.4, -0.2) is 89.8 Å². The van der Waals surface area contributed by atoms with Crippen LogP contribution in [-0.2, 0) is 22.4 Å². The van der Waals surface area contributed by atoms with E-state index in [-0.39, 0.29) is 17.6 Å². The minimum atomic E-state index is -1.82. The molecule has 1 unspecified atom stereocenters. The van der Waals surface area contributed by atoms with Crippen molar-refractivity contribution in [2.45, 2.75) is 31.8 Å². The largest absolute Gasteiger partial charge is 0.488 e. The molecule has 10 heteroatoms. The second-order valence-corrected chi connectivity index (χ2v) is 7.37. The molecule has 5 N–H and O–H groups in total. The van der Waals surface area contributed by atoms with Gasteiger partial charge < -0.3 is 35.5 Å². The molecule has 1 aliphatic heterocycles. The van der Waals surface area contributed by atoms with E-state index in [1.54, 1.807) is 0 Å². The molecule has 2 amide bonds. The van der Waals surface area contributed by atoms with Crippen molar-refractivity contribution in [3.63, 3.8) is 0 Å². The van der Waals surface area contributed by atoms with Gasteiger partial charge in [-0.2, -0.15) is 0 Å². The maximum atomic E-state index is 12.2. The quantitative estimate of drug-likeness (QED) is 0.571. The number of rotatable bonds is 5.